The van der Waals surface area contributed by atoms with Crippen molar-refractivity contribution in [1.29, 1.82) is 0 Å². The smallest absolute Gasteiger partial charge is 0.253 e. The lowest BCUT2D eigenvalue weighted by Gasteiger charge is -2.32. The molecular formula is C22H31N3OS. The van der Waals surface area contributed by atoms with E-state index in [4.69, 9.17) is 12.2 Å². The molecule has 4 nitrogen and oxygen atoms in total. The Hall–Kier alpha value is -1.88. The summed E-state index contributed by atoms with van der Waals surface area (Å²) in [5.74, 6) is 0.531. The van der Waals surface area contributed by atoms with Crippen molar-refractivity contribution in [2.45, 2.75) is 66.0 Å². The van der Waals surface area contributed by atoms with Crippen LogP contribution in [0.3, 0.4) is 0 Å². The van der Waals surface area contributed by atoms with Gasteiger partial charge in [0.15, 0.2) is 5.11 Å². The second-order valence-corrected chi connectivity index (χ2v) is 8.63. The third kappa shape index (κ3) is 4.52. The van der Waals surface area contributed by atoms with Crippen LogP contribution in [-0.4, -0.2) is 27.6 Å². The van der Waals surface area contributed by atoms with Crippen LogP contribution >= 0.6 is 12.2 Å². The molecule has 1 heterocycles. The third-order valence-corrected chi connectivity index (χ3v) is 6.04. The molecule has 0 amide bonds. The first-order chi connectivity index (χ1) is 12.9. The minimum atomic E-state index is -0.00847. The van der Waals surface area contributed by atoms with E-state index < -0.39 is 0 Å². The highest BCUT2D eigenvalue weighted by molar-refractivity contribution is 7.80. The number of pyridine rings is 1. The molecule has 0 saturated heterocycles. The van der Waals surface area contributed by atoms with Gasteiger partial charge in [-0.3, -0.25) is 4.79 Å². The first-order valence-electron chi connectivity index (χ1n) is 10.0. The summed E-state index contributed by atoms with van der Waals surface area (Å²) in [6, 6.07) is 6.66. The van der Waals surface area contributed by atoms with E-state index in [2.05, 4.69) is 55.0 Å². The van der Waals surface area contributed by atoms with Gasteiger partial charge in [0, 0.05) is 18.2 Å². The summed E-state index contributed by atoms with van der Waals surface area (Å²) in [7, 11) is 0. The molecule has 0 radical (unpaired) electrons. The normalized spacial score (nSPS) is 14.9. The van der Waals surface area contributed by atoms with Crippen LogP contribution in [0.2, 0.25) is 0 Å². The van der Waals surface area contributed by atoms with E-state index in [1.165, 1.54) is 18.4 Å². The molecule has 0 aliphatic heterocycles. The Morgan fingerprint density at radius 2 is 2.00 bits per heavy atom. The number of nitrogens with zero attached hydrogens (tertiary/aromatic N) is 1. The van der Waals surface area contributed by atoms with Crippen LogP contribution in [0.5, 0.6) is 0 Å². The van der Waals surface area contributed by atoms with Gasteiger partial charge in [-0.25, -0.2) is 0 Å². The Kier molecular flexibility index (Phi) is 6.20. The average molecular weight is 386 g/mol. The largest absolute Gasteiger partial charge is 0.362 e. The number of fused-ring (bicyclic) bond motifs is 1. The van der Waals surface area contributed by atoms with Crippen molar-refractivity contribution in [3.8, 4) is 0 Å². The van der Waals surface area contributed by atoms with Crippen molar-refractivity contribution < 1.29 is 0 Å². The van der Waals surface area contributed by atoms with Gasteiger partial charge in [0.05, 0.1) is 12.1 Å². The Morgan fingerprint density at radius 3 is 2.67 bits per heavy atom. The monoisotopic (exact) mass is 385 g/mol. The van der Waals surface area contributed by atoms with Gasteiger partial charge in [0.25, 0.3) is 5.56 Å². The van der Waals surface area contributed by atoms with Gasteiger partial charge in [0.2, 0.25) is 0 Å². The molecule has 0 atom stereocenters. The number of hydrogen-bond donors (Lipinski definition) is 2. The van der Waals surface area contributed by atoms with E-state index in [0.29, 0.717) is 18.5 Å². The lowest BCUT2D eigenvalue weighted by molar-refractivity contribution is 0.301. The van der Waals surface area contributed by atoms with E-state index in [1.807, 2.05) is 6.07 Å². The highest BCUT2D eigenvalue weighted by atomic mass is 32.1. The highest BCUT2D eigenvalue weighted by Gasteiger charge is 2.25. The fourth-order valence-electron chi connectivity index (χ4n) is 3.85. The molecule has 1 aliphatic carbocycles. The van der Waals surface area contributed by atoms with E-state index in [9.17, 15) is 4.79 Å². The maximum atomic E-state index is 12.8. The van der Waals surface area contributed by atoms with Gasteiger partial charge in [0.1, 0.15) is 0 Å². The van der Waals surface area contributed by atoms with E-state index in [-0.39, 0.29) is 5.56 Å². The lowest BCUT2D eigenvalue weighted by Crippen LogP contribution is -2.46. The van der Waals surface area contributed by atoms with E-state index >= 15 is 0 Å². The Balaban J connectivity index is 1.90. The molecule has 3 rings (SSSR count). The summed E-state index contributed by atoms with van der Waals surface area (Å²) >= 11 is 5.71. The minimum Gasteiger partial charge on any atom is -0.362 e. The topological polar surface area (TPSA) is 48.1 Å². The Morgan fingerprint density at radius 1 is 1.30 bits per heavy atom. The molecule has 2 aromatic rings. The van der Waals surface area contributed by atoms with Crippen molar-refractivity contribution in [2.24, 2.45) is 5.92 Å². The van der Waals surface area contributed by atoms with Crippen molar-refractivity contribution in [1.82, 2.24) is 15.2 Å². The average Bonchev–Trinajstić information content (AvgIpc) is 3.16. The fraction of sp³-hybridized carbons (Fsp3) is 0.545. The van der Waals surface area contributed by atoms with Crippen LogP contribution in [0, 0.1) is 19.8 Å². The highest BCUT2D eigenvalue weighted by Crippen LogP contribution is 2.26. The third-order valence-electron chi connectivity index (χ3n) is 5.66. The number of thiocarbonyl (C=S) groups is 1. The number of nitrogens with one attached hydrogen (secondary N) is 2. The van der Waals surface area contributed by atoms with Crippen LogP contribution in [0.1, 0.15) is 56.2 Å². The van der Waals surface area contributed by atoms with E-state index in [0.717, 1.165) is 46.5 Å². The molecule has 1 aromatic heterocycles. The Bertz CT molecular complexity index is 881. The van der Waals surface area contributed by atoms with Crippen LogP contribution in [0.15, 0.2) is 23.0 Å². The molecule has 0 bridgehead atoms. The first-order valence-corrected chi connectivity index (χ1v) is 10.4. The predicted octanol–water partition coefficient (Wildman–Crippen LogP) is 4.42. The van der Waals surface area contributed by atoms with Crippen molar-refractivity contribution >= 4 is 28.2 Å². The summed E-state index contributed by atoms with van der Waals surface area (Å²) in [4.78, 5) is 18.1. The molecule has 1 aliphatic rings. The van der Waals surface area contributed by atoms with Crippen LogP contribution < -0.4 is 10.9 Å². The van der Waals surface area contributed by atoms with Gasteiger partial charge in [-0.15, -0.1) is 0 Å². The molecular weight excluding hydrogens is 354 g/mol. The summed E-state index contributed by atoms with van der Waals surface area (Å²) < 4.78 is 0. The number of hydrogen-bond acceptors (Lipinski definition) is 2. The first kappa shape index (κ1) is 19.9. The fourth-order valence-corrected chi connectivity index (χ4v) is 4.14. The maximum absolute atomic E-state index is 12.8. The quantitative estimate of drug-likeness (QED) is 0.748. The zero-order chi connectivity index (χ0) is 19.6. The van der Waals surface area contributed by atoms with Crippen molar-refractivity contribution in [2.75, 3.05) is 6.54 Å². The van der Waals surface area contributed by atoms with Gasteiger partial charge in [-0.05, 0) is 67.4 Å². The molecule has 27 heavy (non-hydrogen) atoms. The zero-order valence-electron chi connectivity index (χ0n) is 16.9. The summed E-state index contributed by atoms with van der Waals surface area (Å²) in [6.07, 6.45) is 4.77. The maximum Gasteiger partial charge on any atom is 0.253 e. The van der Waals surface area contributed by atoms with Gasteiger partial charge < -0.3 is 15.2 Å². The molecule has 146 valence electrons. The second kappa shape index (κ2) is 8.42. The molecule has 1 aromatic carbocycles. The number of aromatic nitrogens is 1. The standard InChI is InChI=1S/C22H31N3OS/c1-14(2)12-23-22(27)25(19-7-5-6-8-19)13-18-11-17-10-9-15(3)16(4)20(17)24-21(18)26/h9-11,14,19H,5-8,12-13H2,1-4H3,(H,23,27)(H,24,26). The molecule has 2 N–H and O–H groups in total. The molecule has 1 saturated carbocycles. The van der Waals surface area contributed by atoms with Gasteiger partial charge in [-0.2, -0.15) is 0 Å². The lowest BCUT2D eigenvalue weighted by atomic mass is 10.0. The number of H-pyrrole nitrogens is 1. The number of benzene rings is 1. The number of rotatable bonds is 5. The van der Waals surface area contributed by atoms with Gasteiger partial charge >= 0.3 is 0 Å². The second-order valence-electron chi connectivity index (χ2n) is 8.24. The van der Waals surface area contributed by atoms with Crippen LogP contribution in [-0.2, 0) is 6.54 Å². The SMILES string of the molecule is Cc1ccc2cc(CN(C(=S)NCC(C)C)C3CCCC3)c(=O)[nH]c2c1C. The van der Waals surface area contributed by atoms with Crippen LogP contribution in [0.4, 0.5) is 0 Å². The van der Waals surface area contributed by atoms with Gasteiger partial charge in [-0.1, -0.05) is 38.8 Å². The zero-order valence-corrected chi connectivity index (χ0v) is 17.7. The number of aryl methyl sites for hydroxylation is 2. The molecule has 1 fully saturated rings. The van der Waals surface area contributed by atoms with Crippen molar-refractivity contribution in [3.63, 3.8) is 0 Å². The minimum absolute atomic E-state index is 0.00847. The molecule has 0 unspecified atom stereocenters. The van der Waals surface area contributed by atoms with Crippen LogP contribution in [0.25, 0.3) is 10.9 Å². The van der Waals surface area contributed by atoms with Crippen molar-refractivity contribution in [3.05, 3.63) is 45.2 Å². The summed E-state index contributed by atoms with van der Waals surface area (Å²) in [5, 5.41) is 5.25. The summed E-state index contributed by atoms with van der Waals surface area (Å²) in [5.41, 5.74) is 4.05. The molecule has 5 heteroatoms. The number of aromatic amines is 1. The molecule has 0 spiro atoms. The summed E-state index contributed by atoms with van der Waals surface area (Å²) in [6.45, 7) is 9.90. The Labute approximate surface area is 167 Å². The van der Waals surface area contributed by atoms with E-state index in [1.54, 1.807) is 0 Å². The predicted molar refractivity (Wildman–Crippen MR) is 117 cm³/mol.